The van der Waals surface area contributed by atoms with Crippen molar-refractivity contribution in [3.8, 4) is 0 Å². The lowest BCUT2D eigenvalue weighted by atomic mass is 10.2. The van der Waals surface area contributed by atoms with E-state index in [-0.39, 0.29) is 5.91 Å². The number of carbonyl (C=O) groups excluding carboxylic acids is 1. The summed E-state index contributed by atoms with van der Waals surface area (Å²) in [6.45, 7) is 6.43. The number of rotatable bonds is 5. The van der Waals surface area contributed by atoms with Gasteiger partial charge in [0.25, 0.3) is 0 Å². The van der Waals surface area contributed by atoms with Crippen molar-refractivity contribution in [3.05, 3.63) is 0 Å². The van der Waals surface area contributed by atoms with Crippen molar-refractivity contribution in [2.45, 2.75) is 44.4 Å². The van der Waals surface area contributed by atoms with Crippen LogP contribution in [-0.2, 0) is 4.79 Å². The highest BCUT2D eigenvalue weighted by Crippen LogP contribution is 2.20. The molecule has 1 fully saturated rings. The van der Waals surface area contributed by atoms with Gasteiger partial charge in [0.05, 0.1) is 5.75 Å². The fraction of sp³-hybridized carbons (Fsp3) is 0.917. The quantitative estimate of drug-likeness (QED) is 0.799. The first kappa shape index (κ1) is 13.8. The average molecular weight is 244 g/mol. The van der Waals surface area contributed by atoms with E-state index in [1.54, 1.807) is 0 Å². The summed E-state index contributed by atoms with van der Waals surface area (Å²) < 4.78 is 0. The minimum atomic E-state index is 0.276. The smallest absolute Gasteiger partial charge is 0.232 e. The summed E-state index contributed by atoms with van der Waals surface area (Å²) >= 11 is 1.83. The monoisotopic (exact) mass is 244 g/mol. The summed E-state index contributed by atoms with van der Waals surface area (Å²) in [5.41, 5.74) is 0. The van der Waals surface area contributed by atoms with Gasteiger partial charge in [0.1, 0.15) is 0 Å². The molecule has 0 aromatic heterocycles. The highest BCUT2D eigenvalue weighted by atomic mass is 32.2. The number of nitrogens with one attached hydrogen (secondary N) is 1. The van der Waals surface area contributed by atoms with Gasteiger partial charge in [-0.2, -0.15) is 0 Å². The zero-order valence-electron chi connectivity index (χ0n) is 10.7. The molecule has 1 unspecified atom stereocenters. The molecule has 1 saturated heterocycles. The number of thioether (sulfide) groups is 1. The Hall–Kier alpha value is -0.220. The number of nitrogens with zero attached hydrogens (tertiary/aromatic N) is 1. The largest absolute Gasteiger partial charge is 0.342 e. The maximum Gasteiger partial charge on any atom is 0.232 e. The lowest BCUT2D eigenvalue weighted by Gasteiger charge is -2.26. The zero-order valence-corrected chi connectivity index (χ0v) is 11.5. The first-order chi connectivity index (χ1) is 7.65. The molecular weight excluding hydrogens is 220 g/mol. The molecule has 1 atom stereocenters. The van der Waals surface area contributed by atoms with Crippen LogP contribution >= 0.6 is 11.8 Å². The van der Waals surface area contributed by atoms with Crippen LogP contribution in [-0.4, -0.2) is 48.0 Å². The van der Waals surface area contributed by atoms with Crippen molar-refractivity contribution in [1.82, 2.24) is 10.2 Å². The molecule has 0 spiro atoms. The molecule has 0 aromatic carbocycles. The van der Waals surface area contributed by atoms with E-state index in [1.807, 2.05) is 23.7 Å². The molecule has 1 rings (SSSR count). The molecule has 0 aliphatic carbocycles. The number of hydrogen-bond donors (Lipinski definition) is 1. The number of carbonyl (C=O) groups is 1. The van der Waals surface area contributed by atoms with Crippen LogP contribution in [0, 0.1) is 0 Å². The summed E-state index contributed by atoms with van der Waals surface area (Å²) in [6, 6.07) is 0.362. The van der Waals surface area contributed by atoms with E-state index in [4.69, 9.17) is 0 Å². The van der Waals surface area contributed by atoms with E-state index < -0.39 is 0 Å². The highest BCUT2D eigenvalue weighted by Gasteiger charge is 2.18. The van der Waals surface area contributed by atoms with Gasteiger partial charge in [0.2, 0.25) is 5.91 Å². The topological polar surface area (TPSA) is 32.3 Å². The van der Waals surface area contributed by atoms with E-state index in [0.29, 0.717) is 17.0 Å². The first-order valence-corrected chi connectivity index (χ1v) is 7.28. The van der Waals surface area contributed by atoms with Gasteiger partial charge < -0.3 is 10.2 Å². The molecular formula is C12H24N2OS. The summed E-state index contributed by atoms with van der Waals surface area (Å²) in [7, 11) is 1.92. The maximum absolute atomic E-state index is 11.9. The Morgan fingerprint density at radius 1 is 1.50 bits per heavy atom. The van der Waals surface area contributed by atoms with Crippen molar-refractivity contribution >= 4 is 17.7 Å². The van der Waals surface area contributed by atoms with E-state index in [2.05, 4.69) is 19.2 Å². The van der Waals surface area contributed by atoms with Crippen LogP contribution in [0.25, 0.3) is 0 Å². The second-order valence-corrected chi connectivity index (χ2v) is 5.81. The Morgan fingerprint density at radius 3 is 2.69 bits per heavy atom. The first-order valence-electron chi connectivity index (χ1n) is 6.23. The molecule has 0 bridgehead atoms. The molecule has 0 radical (unpaired) electrons. The van der Waals surface area contributed by atoms with Crippen LogP contribution in [0.2, 0.25) is 0 Å². The van der Waals surface area contributed by atoms with Crippen molar-refractivity contribution in [3.63, 3.8) is 0 Å². The van der Waals surface area contributed by atoms with Gasteiger partial charge in [-0.25, -0.2) is 0 Å². The van der Waals surface area contributed by atoms with Crippen LogP contribution in [0.4, 0.5) is 0 Å². The second kappa shape index (κ2) is 7.17. The Kier molecular flexibility index (Phi) is 6.21. The molecule has 1 amide bonds. The molecule has 0 aromatic rings. The van der Waals surface area contributed by atoms with Crippen molar-refractivity contribution in [1.29, 1.82) is 0 Å². The molecule has 1 aliphatic rings. The summed E-state index contributed by atoms with van der Waals surface area (Å²) in [5, 5.41) is 4.02. The fourth-order valence-corrected chi connectivity index (χ4v) is 2.92. The lowest BCUT2D eigenvalue weighted by Crippen LogP contribution is -2.37. The van der Waals surface area contributed by atoms with Gasteiger partial charge in [0.15, 0.2) is 0 Å². The van der Waals surface area contributed by atoms with Crippen molar-refractivity contribution in [2.75, 3.05) is 25.9 Å². The third-order valence-corrected chi connectivity index (χ3v) is 4.73. The van der Waals surface area contributed by atoms with Crippen molar-refractivity contribution < 1.29 is 4.79 Å². The van der Waals surface area contributed by atoms with Gasteiger partial charge in [-0.15, -0.1) is 11.8 Å². The molecule has 0 saturated carbocycles. The number of hydrogen-bond acceptors (Lipinski definition) is 3. The van der Waals surface area contributed by atoms with Crippen LogP contribution in [0.15, 0.2) is 0 Å². The Balaban J connectivity index is 2.23. The number of piperidine rings is 1. The molecule has 94 valence electrons. The van der Waals surface area contributed by atoms with Gasteiger partial charge in [-0.1, -0.05) is 6.92 Å². The fourth-order valence-electron chi connectivity index (χ4n) is 1.77. The molecule has 4 heteroatoms. The number of amides is 1. The van der Waals surface area contributed by atoms with Gasteiger partial charge in [-0.05, 0) is 39.3 Å². The SMILES string of the molecule is CCC(C)N(C)C(=O)CSC1CCNCC1. The predicted octanol–water partition coefficient (Wildman–Crippen LogP) is 1.73. The third-order valence-electron chi connectivity index (χ3n) is 3.37. The van der Waals surface area contributed by atoms with E-state index in [0.717, 1.165) is 19.5 Å². The van der Waals surface area contributed by atoms with Crippen LogP contribution in [0.3, 0.4) is 0 Å². The molecule has 3 nitrogen and oxygen atoms in total. The van der Waals surface area contributed by atoms with E-state index in [9.17, 15) is 4.79 Å². The van der Waals surface area contributed by atoms with Gasteiger partial charge in [-0.3, -0.25) is 4.79 Å². The molecule has 1 heterocycles. The lowest BCUT2D eigenvalue weighted by molar-refractivity contribution is -0.128. The van der Waals surface area contributed by atoms with Crippen LogP contribution < -0.4 is 5.32 Å². The standard InChI is InChI=1S/C12H24N2OS/c1-4-10(2)14(3)12(15)9-16-11-5-7-13-8-6-11/h10-11,13H,4-9H2,1-3H3. The molecule has 16 heavy (non-hydrogen) atoms. The maximum atomic E-state index is 11.9. The summed E-state index contributed by atoms with van der Waals surface area (Å²) in [5.74, 6) is 0.920. The zero-order chi connectivity index (χ0) is 12.0. The molecule has 1 aliphatic heterocycles. The van der Waals surface area contributed by atoms with Crippen molar-refractivity contribution in [2.24, 2.45) is 0 Å². The Labute approximate surface area is 103 Å². The third kappa shape index (κ3) is 4.34. The van der Waals surface area contributed by atoms with E-state index >= 15 is 0 Å². The van der Waals surface area contributed by atoms with Gasteiger partial charge in [0, 0.05) is 18.3 Å². The van der Waals surface area contributed by atoms with Crippen LogP contribution in [0.1, 0.15) is 33.1 Å². The Morgan fingerprint density at radius 2 is 2.12 bits per heavy atom. The predicted molar refractivity (Wildman–Crippen MR) is 70.9 cm³/mol. The summed E-state index contributed by atoms with van der Waals surface area (Å²) in [4.78, 5) is 13.8. The second-order valence-electron chi connectivity index (χ2n) is 4.52. The van der Waals surface area contributed by atoms with Crippen LogP contribution in [0.5, 0.6) is 0 Å². The van der Waals surface area contributed by atoms with E-state index in [1.165, 1.54) is 12.8 Å². The minimum absolute atomic E-state index is 0.276. The summed E-state index contributed by atoms with van der Waals surface area (Å²) in [6.07, 6.45) is 3.43. The average Bonchev–Trinajstić information content (AvgIpc) is 2.35. The molecule has 1 N–H and O–H groups in total. The minimum Gasteiger partial charge on any atom is -0.342 e. The van der Waals surface area contributed by atoms with Gasteiger partial charge >= 0.3 is 0 Å². The Bertz CT molecular complexity index is 217. The highest BCUT2D eigenvalue weighted by molar-refractivity contribution is 8.00. The normalized spacial score (nSPS) is 19.4.